The van der Waals surface area contributed by atoms with E-state index in [1.807, 2.05) is 13.8 Å². The summed E-state index contributed by atoms with van der Waals surface area (Å²) in [6.07, 6.45) is 4.22. The van der Waals surface area contributed by atoms with Crippen molar-refractivity contribution in [3.8, 4) is 0 Å². The summed E-state index contributed by atoms with van der Waals surface area (Å²) in [5.41, 5.74) is 0. The lowest BCUT2D eigenvalue weighted by Crippen LogP contribution is -2.34. The van der Waals surface area contributed by atoms with Crippen LogP contribution >= 0.6 is 0 Å². The van der Waals surface area contributed by atoms with E-state index in [9.17, 15) is 9.59 Å². The van der Waals surface area contributed by atoms with Crippen molar-refractivity contribution in [2.75, 3.05) is 19.6 Å². The molecule has 0 spiro atoms. The van der Waals surface area contributed by atoms with Gasteiger partial charge in [0, 0.05) is 19.4 Å². The van der Waals surface area contributed by atoms with Gasteiger partial charge >= 0.3 is 0 Å². The quantitative estimate of drug-likeness (QED) is 0.553. The summed E-state index contributed by atoms with van der Waals surface area (Å²) >= 11 is 0. The number of nitrogens with one attached hydrogen (secondary N) is 2. The van der Waals surface area contributed by atoms with E-state index in [4.69, 9.17) is 0 Å². The standard InChI is InChI=1S/C12H24N2O2/c1-3-11(15)8-6-5-7-9-14-12(16)10-13-4-2/h13H,3-10H2,1-2H3,(H,14,16). The molecule has 16 heavy (non-hydrogen) atoms. The zero-order chi connectivity index (χ0) is 12.2. The fraction of sp³-hybridized carbons (Fsp3) is 0.833. The van der Waals surface area contributed by atoms with Crippen LogP contribution in [0.1, 0.15) is 46.0 Å². The normalized spacial score (nSPS) is 10.1. The van der Waals surface area contributed by atoms with Gasteiger partial charge < -0.3 is 10.6 Å². The summed E-state index contributed by atoms with van der Waals surface area (Å²) in [4.78, 5) is 22.2. The number of hydrogen-bond acceptors (Lipinski definition) is 3. The molecular weight excluding hydrogens is 204 g/mol. The first-order valence-corrected chi connectivity index (χ1v) is 6.19. The van der Waals surface area contributed by atoms with Crippen LogP contribution in [-0.4, -0.2) is 31.3 Å². The maximum absolute atomic E-state index is 11.2. The second-order valence-electron chi connectivity index (χ2n) is 3.83. The summed E-state index contributed by atoms with van der Waals surface area (Å²) in [5, 5.41) is 5.80. The molecule has 94 valence electrons. The van der Waals surface area contributed by atoms with Crippen LogP contribution in [-0.2, 0) is 9.59 Å². The molecule has 0 aliphatic carbocycles. The average Bonchev–Trinajstić information content (AvgIpc) is 2.30. The minimum absolute atomic E-state index is 0.0477. The van der Waals surface area contributed by atoms with Crippen LogP contribution in [0.2, 0.25) is 0 Å². The molecule has 4 heteroatoms. The van der Waals surface area contributed by atoms with Crippen molar-refractivity contribution in [1.82, 2.24) is 10.6 Å². The predicted octanol–water partition coefficient (Wildman–Crippen LogP) is 1.25. The molecule has 0 heterocycles. The number of ketones is 1. The fourth-order valence-corrected chi connectivity index (χ4v) is 1.33. The lowest BCUT2D eigenvalue weighted by atomic mass is 10.1. The number of amides is 1. The number of rotatable bonds is 10. The van der Waals surface area contributed by atoms with Crippen LogP contribution < -0.4 is 10.6 Å². The van der Waals surface area contributed by atoms with Crippen molar-refractivity contribution in [3.63, 3.8) is 0 Å². The van der Waals surface area contributed by atoms with Crippen LogP contribution in [0.5, 0.6) is 0 Å². The van der Waals surface area contributed by atoms with Gasteiger partial charge in [0.15, 0.2) is 0 Å². The Labute approximate surface area is 98.2 Å². The zero-order valence-corrected chi connectivity index (χ0v) is 10.5. The summed E-state index contributed by atoms with van der Waals surface area (Å²) in [5.74, 6) is 0.377. The molecule has 0 aromatic rings. The minimum Gasteiger partial charge on any atom is -0.355 e. The van der Waals surface area contributed by atoms with E-state index in [-0.39, 0.29) is 5.91 Å². The highest BCUT2D eigenvalue weighted by molar-refractivity contribution is 5.78. The highest BCUT2D eigenvalue weighted by Gasteiger charge is 1.99. The SMILES string of the molecule is CCNCC(=O)NCCCCCC(=O)CC. The molecule has 0 atom stereocenters. The van der Waals surface area contributed by atoms with E-state index in [0.29, 0.717) is 31.7 Å². The molecule has 0 aliphatic rings. The van der Waals surface area contributed by atoms with Crippen molar-refractivity contribution < 1.29 is 9.59 Å². The minimum atomic E-state index is 0.0477. The van der Waals surface area contributed by atoms with Crippen LogP contribution in [0, 0.1) is 0 Å². The first-order valence-electron chi connectivity index (χ1n) is 6.19. The smallest absolute Gasteiger partial charge is 0.233 e. The molecule has 0 radical (unpaired) electrons. The summed E-state index contributed by atoms with van der Waals surface area (Å²) in [7, 11) is 0. The molecule has 2 N–H and O–H groups in total. The zero-order valence-electron chi connectivity index (χ0n) is 10.5. The van der Waals surface area contributed by atoms with Gasteiger partial charge in [-0.15, -0.1) is 0 Å². The number of carbonyl (C=O) groups excluding carboxylic acids is 2. The maximum Gasteiger partial charge on any atom is 0.233 e. The van der Waals surface area contributed by atoms with Crippen molar-refractivity contribution in [2.45, 2.75) is 46.0 Å². The van der Waals surface area contributed by atoms with Gasteiger partial charge in [-0.3, -0.25) is 9.59 Å². The molecule has 0 bridgehead atoms. The highest BCUT2D eigenvalue weighted by atomic mass is 16.1. The third-order valence-corrected chi connectivity index (χ3v) is 2.38. The van der Waals surface area contributed by atoms with Crippen LogP contribution in [0.4, 0.5) is 0 Å². The summed E-state index contributed by atoms with van der Waals surface area (Å²) < 4.78 is 0. The number of hydrogen-bond donors (Lipinski definition) is 2. The summed E-state index contributed by atoms with van der Waals surface area (Å²) in [6, 6.07) is 0. The Morgan fingerprint density at radius 1 is 1.06 bits per heavy atom. The Morgan fingerprint density at radius 2 is 1.81 bits per heavy atom. The lowest BCUT2D eigenvalue weighted by molar-refractivity contribution is -0.120. The van der Waals surface area contributed by atoms with E-state index in [0.717, 1.165) is 25.8 Å². The second-order valence-corrected chi connectivity index (χ2v) is 3.83. The van der Waals surface area contributed by atoms with E-state index in [2.05, 4.69) is 10.6 Å². The Kier molecular flexibility index (Phi) is 10.0. The topological polar surface area (TPSA) is 58.2 Å². The van der Waals surface area contributed by atoms with Crippen molar-refractivity contribution >= 4 is 11.7 Å². The number of likely N-dealkylation sites (N-methyl/N-ethyl adjacent to an activating group) is 1. The monoisotopic (exact) mass is 228 g/mol. The van der Waals surface area contributed by atoms with E-state index >= 15 is 0 Å². The second kappa shape index (κ2) is 10.6. The Hall–Kier alpha value is -0.900. The van der Waals surface area contributed by atoms with E-state index in [1.54, 1.807) is 0 Å². The third-order valence-electron chi connectivity index (χ3n) is 2.38. The number of carbonyl (C=O) groups is 2. The first kappa shape index (κ1) is 15.1. The number of unbranched alkanes of at least 4 members (excludes halogenated alkanes) is 2. The van der Waals surface area contributed by atoms with Gasteiger partial charge in [0.05, 0.1) is 6.54 Å². The molecule has 0 aromatic heterocycles. The molecule has 1 amide bonds. The highest BCUT2D eigenvalue weighted by Crippen LogP contribution is 2.01. The first-order chi connectivity index (χ1) is 7.70. The molecule has 0 unspecified atom stereocenters. The lowest BCUT2D eigenvalue weighted by Gasteiger charge is -2.05. The van der Waals surface area contributed by atoms with Gasteiger partial charge in [0.25, 0.3) is 0 Å². The molecule has 0 aromatic carbocycles. The molecule has 0 rings (SSSR count). The van der Waals surface area contributed by atoms with E-state index < -0.39 is 0 Å². The van der Waals surface area contributed by atoms with Gasteiger partial charge in [-0.05, 0) is 19.4 Å². The summed E-state index contributed by atoms with van der Waals surface area (Å²) in [6.45, 7) is 5.78. The van der Waals surface area contributed by atoms with Crippen LogP contribution in [0.15, 0.2) is 0 Å². The van der Waals surface area contributed by atoms with Crippen molar-refractivity contribution in [2.24, 2.45) is 0 Å². The predicted molar refractivity (Wildman–Crippen MR) is 65.3 cm³/mol. The van der Waals surface area contributed by atoms with Gasteiger partial charge in [0.1, 0.15) is 5.78 Å². The Morgan fingerprint density at radius 3 is 2.44 bits per heavy atom. The maximum atomic E-state index is 11.2. The van der Waals surface area contributed by atoms with Gasteiger partial charge in [-0.25, -0.2) is 0 Å². The molecule has 0 fully saturated rings. The number of Topliss-reactive ketones (excluding diaryl/α,β-unsaturated/α-hetero) is 1. The van der Waals surface area contributed by atoms with Gasteiger partial charge in [-0.2, -0.15) is 0 Å². The third kappa shape index (κ3) is 9.65. The van der Waals surface area contributed by atoms with Gasteiger partial charge in [0.2, 0.25) is 5.91 Å². The van der Waals surface area contributed by atoms with Crippen LogP contribution in [0.25, 0.3) is 0 Å². The molecule has 0 saturated heterocycles. The average molecular weight is 228 g/mol. The Balaban J connectivity index is 3.20. The largest absolute Gasteiger partial charge is 0.355 e. The molecule has 4 nitrogen and oxygen atoms in total. The van der Waals surface area contributed by atoms with Crippen LogP contribution in [0.3, 0.4) is 0 Å². The molecular formula is C12H24N2O2. The molecule has 0 aliphatic heterocycles. The fourth-order valence-electron chi connectivity index (χ4n) is 1.33. The van der Waals surface area contributed by atoms with Gasteiger partial charge in [-0.1, -0.05) is 20.3 Å². The Bertz CT molecular complexity index is 205. The van der Waals surface area contributed by atoms with Crippen molar-refractivity contribution in [1.29, 1.82) is 0 Å². The van der Waals surface area contributed by atoms with E-state index in [1.165, 1.54) is 0 Å². The van der Waals surface area contributed by atoms with Crippen molar-refractivity contribution in [3.05, 3.63) is 0 Å². The molecule has 0 saturated carbocycles.